The summed E-state index contributed by atoms with van der Waals surface area (Å²) < 4.78 is 45.5. The SMILES string of the molecule is Cc1nc2c(c(=O)[nH]1)C(c1cc(F)c(F)c(F)c1)C(C)C(=N)O2. The lowest BCUT2D eigenvalue weighted by Gasteiger charge is -2.30. The molecule has 0 saturated carbocycles. The molecule has 8 heteroatoms. The molecule has 2 N–H and O–H groups in total. The molecular weight excluding hydrogens is 311 g/mol. The second kappa shape index (κ2) is 5.22. The van der Waals surface area contributed by atoms with E-state index in [0.29, 0.717) is 0 Å². The Balaban J connectivity index is 2.27. The smallest absolute Gasteiger partial charge is 0.258 e. The van der Waals surface area contributed by atoms with Crippen LogP contribution < -0.4 is 10.3 Å². The molecule has 23 heavy (non-hydrogen) atoms. The molecule has 0 saturated heterocycles. The first-order valence-corrected chi connectivity index (χ1v) is 6.81. The van der Waals surface area contributed by atoms with Gasteiger partial charge in [0, 0.05) is 11.8 Å². The molecule has 2 heterocycles. The van der Waals surface area contributed by atoms with Crippen molar-refractivity contribution < 1.29 is 17.9 Å². The van der Waals surface area contributed by atoms with E-state index >= 15 is 0 Å². The summed E-state index contributed by atoms with van der Waals surface area (Å²) in [5.74, 6) is -5.82. The van der Waals surface area contributed by atoms with E-state index in [1.807, 2.05) is 0 Å². The second-order valence-electron chi connectivity index (χ2n) is 5.40. The summed E-state index contributed by atoms with van der Waals surface area (Å²) in [6, 6.07) is 1.64. The lowest BCUT2D eigenvalue weighted by atomic mass is 9.80. The van der Waals surface area contributed by atoms with Gasteiger partial charge in [-0.2, -0.15) is 4.98 Å². The number of aromatic nitrogens is 2. The second-order valence-corrected chi connectivity index (χ2v) is 5.40. The van der Waals surface area contributed by atoms with Gasteiger partial charge in [0.15, 0.2) is 23.3 Å². The summed E-state index contributed by atoms with van der Waals surface area (Å²) in [5.41, 5.74) is -0.425. The largest absolute Gasteiger partial charge is 0.424 e. The van der Waals surface area contributed by atoms with Crippen molar-refractivity contribution in [3.8, 4) is 5.88 Å². The van der Waals surface area contributed by atoms with Gasteiger partial charge in [-0.3, -0.25) is 10.2 Å². The van der Waals surface area contributed by atoms with Crippen LogP contribution >= 0.6 is 0 Å². The molecule has 5 nitrogen and oxygen atoms in total. The Labute approximate surface area is 128 Å². The number of aryl methyl sites for hydroxylation is 1. The molecule has 0 fully saturated rings. The number of nitrogens with zero attached hydrogens (tertiary/aromatic N) is 1. The molecule has 2 aromatic rings. The number of H-pyrrole nitrogens is 1. The third-order valence-corrected chi connectivity index (χ3v) is 3.84. The zero-order valence-electron chi connectivity index (χ0n) is 12.2. The predicted molar refractivity (Wildman–Crippen MR) is 75.3 cm³/mol. The van der Waals surface area contributed by atoms with Crippen LogP contribution in [-0.2, 0) is 0 Å². The summed E-state index contributed by atoms with van der Waals surface area (Å²) in [6.07, 6.45) is 0. The maximum absolute atomic E-state index is 13.6. The van der Waals surface area contributed by atoms with Crippen molar-refractivity contribution in [2.24, 2.45) is 5.92 Å². The third kappa shape index (κ3) is 2.39. The van der Waals surface area contributed by atoms with Crippen LogP contribution in [0.5, 0.6) is 5.88 Å². The first-order valence-electron chi connectivity index (χ1n) is 6.81. The quantitative estimate of drug-likeness (QED) is 0.792. The fourth-order valence-corrected chi connectivity index (χ4v) is 2.73. The van der Waals surface area contributed by atoms with Gasteiger partial charge in [0.25, 0.3) is 5.56 Å². The monoisotopic (exact) mass is 323 g/mol. The molecule has 2 atom stereocenters. The van der Waals surface area contributed by atoms with Gasteiger partial charge in [-0.15, -0.1) is 0 Å². The van der Waals surface area contributed by atoms with E-state index in [4.69, 9.17) is 10.1 Å². The van der Waals surface area contributed by atoms with Gasteiger partial charge in [-0.25, -0.2) is 13.2 Å². The van der Waals surface area contributed by atoms with E-state index in [1.165, 1.54) is 0 Å². The van der Waals surface area contributed by atoms with Crippen LogP contribution in [0.25, 0.3) is 0 Å². The number of halogens is 3. The highest BCUT2D eigenvalue weighted by atomic mass is 19.2. The van der Waals surface area contributed by atoms with Gasteiger partial charge >= 0.3 is 0 Å². The minimum Gasteiger partial charge on any atom is -0.424 e. The molecule has 3 rings (SSSR count). The van der Waals surface area contributed by atoms with Crippen LogP contribution in [0.2, 0.25) is 0 Å². The van der Waals surface area contributed by atoms with E-state index in [-0.39, 0.29) is 28.7 Å². The number of aromatic amines is 1. The molecule has 0 amide bonds. The predicted octanol–water partition coefficient (Wildman–Crippen LogP) is 2.63. The number of rotatable bonds is 1. The molecule has 1 aromatic carbocycles. The molecule has 1 aromatic heterocycles. The van der Waals surface area contributed by atoms with Crippen molar-refractivity contribution in [3.05, 3.63) is 56.9 Å². The topological polar surface area (TPSA) is 78.8 Å². The van der Waals surface area contributed by atoms with Gasteiger partial charge in [-0.05, 0) is 24.6 Å². The zero-order valence-corrected chi connectivity index (χ0v) is 12.2. The molecule has 0 spiro atoms. The molecule has 0 radical (unpaired) electrons. The van der Waals surface area contributed by atoms with Gasteiger partial charge in [0.05, 0.1) is 5.56 Å². The first-order chi connectivity index (χ1) is 10.8. The molecule has 2 unspecified atom stereocenters. The first kappa shape index (κ1) is 15.3. The van der Waals surface area contributed by atoms with E-state index in [2.05, 4.69) is 9.97 Å². The van der Waals surface area contributed by atoms with Crippen LogP contribution in [0.15, 0.2) is 16.9 Å². The van der Waals surface area contributed by atoms with E-state index in [9.17, 15) is 18.0 Å². The van der Waals surface area contributed by atoms with Crippen LogP contribution in [0.4, 0.5) is 13.2 Å². The highest BCUT2D eigenvalue weighted by Gasteiger charge is 2.37. The molecule has 0 aliphatic carbocycles. The van der Waals surface area contributed by atoms with Crippen molar-refractivity contribution in [3.63, 3.8) is 0 Å². The maximum atomic E-state index is 13.6. The Bertz CT molecular complexity index is 856. The third-order valence-electron chi connectivity index (χ3n) is 3.84. The molecular formula is C15H12F3N3O2. The summed E-state index contributed by atoms with van der Waals surface area (Å²) >= 11 is 0. The summed E-state index contributed by atoms with van der Waals surface area (Å²) in [5, 5.41) is 7.86. The number of hydrogen-bond acceptors (Lipinski definition) is 4. The van der Waals surface area contributed by atoms with Crippen molar-refractivity contribution in [2.45, 2.75) is 19.8 Å². The molecule has 120 valence electrons. The Kier molecular flexibility index (Phi) is 3.46. The fraction of sp³-hybridized carbons (Fsp3) is 0.267. The van der Waals surface area contributed by atoms with E-state index < -0.39 is 34.8 Å². The lowest BCUT2D eigenvalue weighted by molar-refractivity contribution is 0.402. The average molecular weight is 323 g/mol. The Morgan fingerprint density at radius 1 is 1.26 bits per heavy atom. The molecule has 1 aliphatic heterocycles. The normalized spacial score (nSPS) is 20.1. The van der Waals surface area contributed by atoms with Crippen molar-refractivity contribution in [2.75, 3.05) is 0 Å². The standard InChI is InChI=1S/C15H12F3N3O2/c1-5-10(7-3-8(16)12(18)9(17)4-7)11-14(22)20-6(2)21-15(11)23-13(5)19/h3-5,10,19H,1-2H3,(H,20,21,22). The van der Waals surface area contributed by atoms with Crippen LogP contribution in [0, 0.1) is 35.7 Å². The Morgan fingerprint density at radius 2 is 1.87 bits per heavy atom. The van der Waals surface area contributed by atoms with Crippen molar-refractivity contribution in [1.29, 1.82) is 5.41 Å². The number of hydrogen-bond donors (Lipinski definition) is 2. The number of benzene rings is 1. The van der Waals surface area contributed by atoms with Gasteiger partial charge in [0.1, 0.15) is 5.82 Å². The summed E-state index contributed by atoms with van der Waals surface area (Å²) in [6.45, 7) is 3.12. The Hall–Kier alpha value is -2.64. The Morgan fingerprint density at radius 3 is 2.48 bits per heavy atom. The van der Waals surface area contributed by atoms with Crippen molar-refractivity contribution in [1.82, 2.24) is 9.97 Å². The highest BCUT2D eigenvalue weighted by molar-refractivity contribution is 5.81. The van der Waals surface area contributed by atoms with Crippen LogP contribution in [0.3, 0.4) is 0 Å². The molecule has 1 aliphatic rings. The van der Waals surface area contributed by atoms with E-state index in [1.54, 1.807) is 13.8 Å². The number of nitrogens with one attached hydrogen (secondary N) is 2. The van der Waals surface area contributed by atoms with E-state index in [0.717, 1.165) is 12.1 Å². The van der Waals surface area contributed by atoms with Crippen LogP contribution in [-0.4, -0.2) is 15.9 Å². The van der Waals surface area contributed by atoms with Gasteiger partial charge in [0.2, 0.25) is 5.88 Å². The minimum absolute atomic E-state index is 0.0411. The highest BCUT2D eigenvalue weighted by Crippen LogP contribution is 2.39. The number of ether oxygens (including phenoxy) is 1. The van der Waals surface area contributed by atoms with Gasteiger partial charge < -0.3 is 9.72 Å². The zero-order chi connectivity index (χ0) is 16.9. The maximum Gasteiger partial charge on any atom is 0.258 e. The number of fused-ring (bicyclic) bond motifs is 1. The fourth-order valence-electron chi connectivity index (χ4n) is 2.73. The van der Waals surface area contributed by atoms with Crippen molar-refractivity contribution >= 4 is 5.90 Å². The summed E-state index contributed by atoms with van der Waals surface area (Å²) in [4.78, 5) is 18.8. The van der Waals surface area contributed by atoms with Crippen LogP contribution in [0.1, 0.15) is 29.8 Å². The van der Waals surface area contributed by atoms with Gasteiger partial charge in [-0.1, -0.05) is 6.92 Å². The lowest BCUT2D eigenvalue weighted by Crippen LogP contribution is -2.35. The molecule has 0 bridgehead atoms. The average Bonchev–Trinajstić information content (AvgIpc) is 2.46. The minimum atomic E-state index is -1.58. The summed E-state index contributed by atoms with van der Waals surface area (Å²) in [7, 11) is 0.